The van der Waals surface area contributed by atoms with Gasteiger partial charge in [-0.2, -0.15) is 5.10 Å². The van der Waals surface area contributed by atoms with Gasteiger partial charge in [-0.25, -0.2) is 4.39 Å². The molecule has 2 aromatic rings. The second-order valence-corrected chi connectivity index (χ2v) is 4.06. The highest BCUT2D eigenvalue weighted by atomic mass is 19.1. The minimum atomic E-state index is -0.368. The van der Waals surface area contributed by atoms with E-state index in [1.807, 2.05) is 6.92 Å². The van der Waals surface area contributed by atoms with E-state index in [9.17, 15) is 9.18 Å². The largest absolute Gasteiger partial charge is 0.382 e. The van der Waals surface area contributed by atoms with E-state index in [1.165, 1.54) is 21.7 Å². The maximum absolute atomic E-state index is 13.2. The summed E-state index contributed by atoms with van der Waals surface area (Å²) >= 11 is 0. The Balaban J connectivity index is 2.15. The van der Waals surface area contributed by atoms with E-state index in [0.29, 0.717) is 18.1 Å². The summed E-state index contributed by atoms with van der Waals surface area (Å²) in [5.74, 6) is -0.176. The van der Waals surface area contributed by atoms with Gasteiger partial charge in [0.2, 0.25) is 5.91 Å². The highest BCUT2D eigenvalue weighted by Gasteiger charge is 2.15. The number of carbonyl (C=O) groups excluding carboxylic acids is 1. The number of hydrogen-bond donors (Lipinski definition) is 1. The van der Waals surface area contributed by atoms with Crippen LogP contribution < -0.4 is 10.6 Å². The van der Waals surface area contributed by atoms with Crippen LogP contribution in [0.2, 0.25) is 0 Å². The van der Waals surface area contributed by atoms with Crippen molar-refractivity contribution in [3.8, 4) is 0 Å². The predicted molar refractivity (Wildman–Crippen MR) is 71.1 cm³/mol. The number of hydrogen-bond acceptors (Lipinski definition) is 3. The highest BCUT2D eigenvalue weighted by molar-refractivity contribution is 5.93. The summed E-state index contributed by atoms with van der Waals surface area (Å²) in [5, 5.41) is 3.95. The Hall–Kier alpha value is -2.37. The van der Waals surface area contributed by atoms with Crippen LogP contribution in [-0.2, 0) is 11.3 Å². The number of amides is 1. The van der Waals surface area contributed by atoms with E-state index in [-0.39, 0.29) is 18.3 Å². The molecule has 0 fully saturated rings. The van der Waals surface area contributed by atoms with Gasteiger partial charge in [-0.1, -0.05) is 6.07 Å². The molecule has 0 saturated heterocycles. The number of nitrogens with two attached hydrogens (primary N) is 1. The van der Waals surface area contributed by atoms with Crippen molar-refractivity contribution in [2.24, 2.45) is 0 Å². The summed E-state index contributed by atoms with van der Waals surface area (Å²) in [4.78, 5) is 13.7. The average molecular weight is 262 g/mol. The third-order valence-electron chi connectivity index (χ3n) is 2.70. The molecule has 0 aliphatic carbocycles. The topological polar surface area (TPSA) is 64.2 Å². The van der Waals surface area contributed by atoms with Gasteiger partial charge < -0.3 is 10.6 Å². The van der Waals surface area contributed by atoms with Gasteiger partial charge in [0.25, 0.3) is 0 Å². The number of likely N-dealkylation sites (N-methyl/N-ethyl adjacent to an activating group) is 1. The number of nitrogens with zero attached hydrogens (tertiary/aromatic N) is 3. The van der Waals surface area contributed by atoms with E-state index in [0.717, 1.165) is 0 Å². The fraction of sp³-hybridized carbons (Fsp3) is 0.231. The van der Waals surface area contributed by atoms with Crippen LogP contribution in [0, 0.1) is 5.82 Å². The van der Waals surface area contributed by atoms with Crippen LogP contribution >= 0.6 is 0 Å². The lowest BCUT2D eigenvalue weighted by molar-refractivity contribution is -0.119. The van der Waals surface area contributed by atoms with Gasteiger partial charge in [0.1, 0.15) is 18.2 Å². The Morgan fingerprint density at radius 1 is 1.47 bits per heavy atom. The molecule has 0 bridgehead atoms. The van der Waals surface area contributed by atoms with E-state index in [1.54, 1.807) is 24.4 Å². The van der Waals surface area contributed by atoms with Crippen molar-refractivity contribution < 1.29 is 9.18 Å². The number of nitrogen functional groups attached to an aromatic ring is 1. The first-order chi connectivity index (χ1) is 9.10. The maximum atomic E-state index is 13.2. The lowest BCUT2D eigenvalue weighted by Gasteiger charge is -2.21. The molecule has 0 saturated carbocycles. The van der Waals surface area contributed by atoms with Crippen LogP contribution in [0.15, 0.2) is 36.5 Å². The van der Waals surface area contributed by atoms with Crippen LogP contribution in [0.4, 0.5) is 15.9 Å². The third kappa shape index (κ3) is 3.09. The fourth-order valence-electron chi connectivity index (χ4n) is 1.84. The second kappa shape index (κ2) is 5.51. The lowest BCUT2D eigenvalue weighted by atomic mass is 10.2. The molecule has 100 valence electrons. The first-order valence-electron chi connectivity index (χ1n) is 5.95. The van der Waals surface area contributed by atoms with Crippen molar-refractivity contribution in [1.82, 2.24) is 9.78 Å². The van der Waals surface area contributed by atoms with Crippen molar-refractivity contribution in [2.75, 3.05) is 17.2 Å². The van der Waals surface area contributed by atoms with Crippen LogP contribution in [0.3, 0.4) is 0 Å². The van der Waals surface area contributed by atoms with Crippen molar-refractivity contribution in [3.63, 3.8) is 0 Å². The summed E-state index contributed by atoms with van der Waals surface area (Å²) in [7, 11) is 0. The zero-order valence-corrected chi connectivity index (χ0v) is 10.6. The molecule has 5 nitrogen and oxygen atoms in total. The molecule has 19 heavy (non-hydrogen) atoms. The summed E-state index contributed by atoms with van der Waals surface area (Å²) in [5.41, 5.74) is 6.02. The zero-order valence-electron chi connectivity index (χ0n) is 10.6. The smallest absolute Gasteiger partial charge is 0.248 e. The monoisotopic (exact) mass is 262 g/mol. The molecule has 2 rings (SSSR count). The fourth-order valence-corrected chi connectivity index (χ4v) is 1.84. The Morgan fingerprint density at radius 3 is 2.84 bits per heavy atom. The van der Waals surface area contributed by atoms with Gasteiger partial charge >= 0.3 is 0 Å². The van der Waals surface area contributed by atoms with Crippen molar-refractivity contribution in [3.05, 3.63) is 42.3 Å². The number of halogens is 1. The maximum Gasteiger partial charge on any atom is 0.248 e. The van der Waals surface area contributed by atoms with Gasteiger partial charge in [-0.3, -0.25) is 9.48 Å². The number of benzene rings is 1. The molecule has 0 atom stereocenters. The quantitative estimate of drug-likeness (QED) is 0.911. The molecule has 0 aliphatic rings. The van der Waals surface area contributed by atoms with E-state index < -0.39 is 0 Å². The van der Waals surface area contributed by atoms with Gasteiger partial charge in [0, 0.05) is 18.4 Å². The number of carbonyl (C=O) groups is 1. The first kappa shape index (κ1) is 13.1. The minimum Gasteiger partial charge on any atom is -0.382 e. The molecule has 1 aromatic heterocycles. The van der Waals surface area contributed by atoms with E-state index >= 15 is 0 Å². The summed E-state index contributed by atoms with van der Waals surface area (Å²) in [6.07, 6.45) is 1.63. The Labute approximate surface area is 110 Å². The van der Waals surface area contributed by atoms with E-state index in [4.69, 9.17) is 5.73 Å². The van der Waals surface area contributed by atoms with Gasteiger partial charge in [0.15, 0.2) is 0 Å². The molecular weight excluding hydrogens is 247 g/mol. The zero-order chi connectivity index (χ0) is 13.8. The minimum absolute atomic E-state index is 0.0710. The highest BCUT2D eigenvalue weighted by Crippen LogP contribution is 2.16. The van der Waals surface area contributed by atoms with Gasteiger partial charge in [0.05, 0.1) is 0 Å². The van der Waals surface area contributed by atoms with Crippen molar-refractivity contribution >= 4 is 17.4 Å². The Bertz CT molecular complexity index is 582. The molecule has 2 N–H and O–H groups in total. The predicted octanol–water partition coefficient (Wildman–Crippen LogP) is 1.66. The number of rotatable bonds is 4. The SMILES string of the molecule is CCN(C(=O)Cn1ccc(N)n1)c1cccc(F)c1. The molecule has 6 heteroatoms. The standard InChI is InChI=1S/C13H15FN4O/c1-2-18(11-5-3-4-10(14)8-11)13(19)9-17-7-6-12(15)16-17/h3-8H,2,9H2,1H3,(H2,15,16). The summed E-state index contributed by atoms with van der Waals surface area (Å²) in [6.45, 7) is 2.36. The normalized spacial score (nSPS) is 10.4. The average Bonchev–Trinajstić information content (AvgIpc) is 2.75. The van der Waals surface area contributed by atoms with Crippen molar-refractivity contribution in [2.45, 2.75) is 13.5 Å². The van der Waals surface area contributed by atoms with E-state index in [2.05, 4.69) is 5.10 Å². The molecular formula is C13H15FN4O. The molecule has 1 heterocycles. The van der Waals surface area contributed by atoms with Crippen LogP contribution in [-0.4, -0.2) is 22.2 Å². The molecule has 0 aliphatic heterocycles. The molecule has 0 spiro atoms. The lowest BCUT2D eigenvalue weighted by Crippen LogP contribution is -2.33. The molecule has 0 unspecified atom stereocenters. The molecule has 1 amide bonds. The van der Waals surface area contributed by atoms with Crippen LogP contribution in [0.5, 0.6) is 0 Å². The number of anilines is 2. The van der Waals surface area contributed by atoms with Gasteiger partial charge in [-0.05, 0) is 31.2 Å². The number of aromatic nitrogens is 2. The molecule has 0 radical (unpaired) electrons. The van der Waals surface area contributed by atoms with Gasteiger partial charge in [-0.15, -0.1) is 0 Å². The van der Waals surface area contributed by atoms with Crippen LogP contribution in [0.25, 0.3) is 0 Å². The Kier molecular flexibility index (Phi) is 3.79. The summed E-state index contributed by atoms with van der Waals surface area (Å²) in [6, 6.07) is 7.56. The first-order valence-corrected chi connectivity index (χ1v) is 5.95. The Morgan fingerprint density at radius 2 is 2.26 bits per heavy atom. The van der Waals surface area contributed by atoms with Crippen LogP contribution in [0.1, 0.15) is 6.92 Å². The second-order valence-electron chi connectivity index (χ2n) is 4.06. The third-order valence-corrected chi connectivity index (χ3v) is 2.70. The summed E-state index contributed by atoms with van der Waals surface area (Å²) < 4.78 is 14.6. The molecule has 1 aromatic carbocycles. The van der Waals surface area contributed by atoms with Crippen molar-refractivity contribution in [1.29, 1.82) is 0 Å².